The van der Waals surface area contributed by atoms with Gasteiger partial charge >= 0.3 is 6.36 Å². The molecule has 1 saturated carbocycles. The molecular formula is C25H29F3N4O5. The van der Waals surface area contributed by atoms with E-state index in [1.54, 1.807) is 0 Å². The predicted molar refractivity (Wildman–Crippen MR) is 123 cm³/mol. The topological polar surface area (TPSA) is 121 Å². The van der Waals surface area contributed by atoms with Crippen molar-refractivity contribution in [2.24, 2.45) is 23.2 Å². The molecule has 3 amide bonds. The Morgan fingerprint density at radius 2 is 1.95 bits per heavy atom. The second-order valence-corrected chi connectivity index (χ2v) is 10.3. The zero-order chi connectivity index (χ0) is 27.0. The van der Waals surface area contributed by atoms with Crippen LogP contribution in [0.5, 0.6) is 11.5 Å². The van der Waals surface area contributed by atoms with Crippen LogP contribution in [0.4, 0.5) is 13.2 Å². The molecular weight excluding hydrogens is 493 g/mol. The maximum Gasteiger partial charge on any atom is 0.573 e. The first-order valence-electron chi connectivity index (χ1n) is 12.2. The standard InChI is InChI=1S/C25H29F3N4O5/c1-24(2)18-12-32(19(33)13-36-16-5-7-17(8-6-16)37-25(26,27)28)21(20(18)24)23(35)31-15(11-29)10-14-4-3-9-30-22(14)34/h5-8,14-15,18,20-21H,3-4,9-10,12-13H2,1-2H3,(H,30,34)(H,31,35)/t14-,15-,18-,20-,21-/m0/s1. The van der Waals surface area contributed by atoms with E-state index >= 15 is 0 Å². The number of nitrogens with one attached hydrogen (secondary N) is 2. The van der Waals surface area contributed by atoms with Gasteiger partial charge in [0.05, 0.1) is 6.07 Å². The van der Waals surface area contributed by atoms with E-state index in [1.807, 2.05) is 13.8 Å². The van der Waals surface area contributed by atoms with Gasteiger partial charge in [-0.25, -0.2) is 0 Å². The zero-order valence-corrected chi connectivity index (χ0v) is 20.5. The van der Waals surface area contributed by atoms with Gasteiger partial charge in [0.15, 0.2) is 6.61 Å². The minimum atomic E-state index is -4.81. The lowest BCUT2D eigenvalue weighted by atomic mass is 9.91. The number of rotatable bonds is 8. The number of nitriles is 1. The number of benzene rings is 1. The van der Waals surface area contributed by atoms with Gasteiger partial charge in [0.1, 0.15) is 23.6 Å². The van der Waals surface area contributed by atoms with Crippen molar-refractivity contribution in [3.63, 3.8) is 0 Å². The highest BCUT2D eigenvalue weighted by atomic mass is 19.4. The van der Waals surface area contributed by atoms with Crippen LogP contribution in [0.2, 0.25) is 0 Å². The van der Waals surface area contributed by atoms with Crippen LogP contribution in [0.1, 0.15) is 33.1 Å². The maximum atomic E-state index is 13.3. The summed E-state index contributed by atoms with van der Waals surface area (Å²) in [5, 5.41) is 15.1. The minimum absolute atomic E-state index is 0.0763. The van der Waals surface area contributed by atoms with Crippen molar-refractivity contribution in [2.75, 3.05) is 19.7 Å². The lowest BCUT2D eigenvalue weighted by Crippen LogP contribution is -2.53. The average molecular weight is 523 g/mol. The third-order valence-electron chi connectivity index (χ3n) is 7.61. The summed E-state index contributed by atoms with van der Waals surface area (Å²) in [5.41, 5.74) is -0.140. The minimum Gasteiger partial charge on any atom is -0.484 e. The Morgan fingerprint density at radius 3 is 2.57 bits per heavy atom. The Kier molecular flexibility index (Phi) is 7.26. The summed E-state index contributed by atoms with van der Waals surface area (Å²) in [6, 6.07) is 5.07. The summed E-state index contributed by atoms with van der Waals surface area (Å²) in [6.45, 7) is 4.61. The van der Waals surface area contributed by atoms with Crippen LogP contribution in [-0.4, -0.2) is 60.8 Å². The number of hydrogen-bond acceptors (Lipinski definition) is 6. The van der Waals surface area contributed by atoms with Crippen molar-refractivity contribution in [2.45, 2.75) is 51.6 Å². The summed E-state index contributed by atoms with van der Waals surface area (Å²) < 4.78 is 46.2. The molecule has 9 nitrogen and oxygen atoms in total. The molecule has 0 radical (unpaired) electrons. The fraction of sp³-hybridized carbons (Fsp3) is 0.600. The van der Waals surface area contributed by atoms with Gasteiger partial charge in [0, 0.05) is 19.0 Å². The number of amides is 3. The smallest absolute Gasteiger partial charge is 0.484 e. The van der Waals surface area contributed by atoms with E-state index in [2.05, 4.69) is 21.4 Å². The molecule has 2 heterocycles. The van der Waals surface area contributed by atoms with Crippen LogP contribution >= 0.6 is 0 Å². The Labute approximate surface area is 212 Å². The van der Waals surface area contributed by atoms with Gasteiger partial charge in [-0.15, -0.1) is 13.2 Å². The molecule has 0 spiro atoms. The summed E-state index contributed by atoms with van der Waals surface area (Å²) in [7, 11) is 0. The summed E-state index contributed by atoms with van der Waals surface area (Å²) in [6.07, 6.45) is -3.16. The molecule has 0 aromatic heterocycles. The molecule has 1 aromatic rings. The highest BCUT2D eigenvalue weighted by molar-refractivity contribution is 5.90. The number of nitrogens with zero attached hydrogens (tertiary/aromatic N) is 2. The van der Waals surface area contributed by atoms with Crippen molar-refractivity contribution in [3.8, 4) is 17.6 Å². The van der Waals surface area contributed by atoms with E-state index in [1.165, 1.54) is 17.0 Å². The van der Waals surface area contributed by atoms with E-state index in [4.69, 9.17) is 4.74 Å². The first-order valence-corrected chi connectivity index (χ1v) is 12.2. The SMILES string of the molecule is CC1(C)[C@@H]2[C@@H](C(=O)N[C@H](C#N)C[C@@H]3CCCNC3=O)N(C(=O)COc3ccc(OC(F)(F)F)cc3)C[C@@H]21. The molecule has 200 valence electrons. The normalized spacial score (nSPS) is 26.8. The number of carbonyl (C=O) groups excluding carboxylic acids is 3. The van der Waals surface area contributed by atoms with E-state index in [0.29, 0.717) is 19.5 Å². The predicted octanol–water partition coefficient (Wildman–Crippen LogP) is 2.37. The average Bonchev–Trinajstić information content (AvgIpc) is 3.16. The van der Waals surface area contributed by atoms with E-state index < -0.39 is 42.6 Å². The number of halogens is 3. The molecule has 0 bridgehead atoms. The Hall–Kier alpha value is -3.49. The highest BCUT2D eigenvalue weighted by Crippen LogP contribution is 2.64. The van der Waals surface area contributed by atoms with Gasteiger partial charge in [0.25, 0.3) is 5.91 Å². The number of carbonyl (C=O) groups is 3. The van der Waals surface area contributed by atoms with Crippen LogP contribution < -0.4 is 20.1 Å². The fourth-order valence-corrected chi connectivity index (χ4v) is 5.55. The van der Waals surface area contributed by atoms with E-state index in [9.17, 15) is 32.8 Å². The lowest BCUT2D eigenvalue weighted by molar-refractivity contribution is -0.274. The van der Waals surface area contributed by atoms with E-state index in [-0.39, 0.29) is 41.2 Å². The van der Waals surface area contributed by atoms with Gasteiger partial charge in [-0.2, -0.15) is 5.26 Å². The molecule has 5 atom stereocenters. The fourth-order valence-electron chi connectivity index (χ4n) is 5.55. The zero-order valence-electron chi connectivity index (χ0n) is 20.5. The largest absolute Gasteiger partial charge is 0.573 e. The first kappa shape index (κ1) is 26.6. The number of alkyl halides is 3. The van der Waals surface area contributed by atoms with Gasteiger partial charge < -0.3 is 25.0 Å². The van der Waals surface area contributed by atoms with Crippen molar-refractivity contribution in [1.29, 1.82) is 5.26 Å². The van der Waals surface area contributed by atoms with Crippen LogP contribution in [0.25, 0.3) is 0 Å². The summed E-state index contributed by atoms with van der Waals surface area (Å²) in [4.78, 5) is 39.8. The number of fused-ring (bicyclic) bond motifs is 1. The molecule has 1 aromatic carbocycles. The number of hydrogen-bond donors (Lipinski definition) is 2. The van der Waals surface area contributed by atoms with Gasteiger partial charge in [-0.05, 0) is 60.8 Å². The molecule has 4 rings (SSSR count). The van der Waals surface area contributed by atoms with Crippen molar-refractivity contribution in [1.82, 2.24) is 15.5 Å². The van der Waals surface area contributed by atoms with Gasteiger partial charge in [-0.1, -0.05) is 13.8 Å². The first-order chi connectivity index (χ1) is 17.4. The van der Waals surface area contributed by atoms with Gasteiger partial charge in [0.2, 0.25) is 11.8 Å². The molecule has 1 aliphatic carbocycles. The molecule has 2 N–H and O–H groups in total. The molecule has 3 fully saturated rings. The number of piperidine rings is 2. The van der Waals surface area contributed by atoms with Crippen LogP contribution in [0.15, 0.2) is 24.3 Å². The lowest BCUT2D eigenvalue weighted by Gasteiger charge is -2.31. The summed E-state index contributed by atoms with van der Waals surface area (Å²) >= 11 is 0. The monoisotopic (exact) mass is 522 g/mol. The molecule has 2 aliphatic heterocycles. The highest BCUT2D eigenvalue weighted by Gasteiger charge is 2.69. The molecule has 12 heteroatoms. The number of likely N-dealkylation sites (tertiary alicyclic amines) is 1. The third kappa shape index (κ3) is 5.92. The van der Waals surface area contributed by atoms with E-state index in [0.717, 1.165) is 18.6 Å². The Morgan fingerprint density at radius 1 is 1.27 bits per heavy atom. The second-order valence-electron chi connectivity index (χ2n) is 10.3. The van der Waals surface area contributed by atoms with Crippen LogP contribution in [-0.2, 0) is 14.4 Å². The molecule has 3 aliphatic rings. The second kappa shape index (κ2) is 10.1. The van der Waals surface area contributed by atoms with Gasteiger partial charge in [-0.3, -0.25) is 14.4 Å². The number of ether oxygens (including phenoxy) is 2. The van der Waals surface area contributed by atoms with Crippen LogP contribution in [0, 0.1) is 34.5 Å². The Balaban J connectivity index is 1.37. The maximum absolute atomic E-state index is 13.3. The van der Waals surface area contributed by atoms with Crippen molar-refractivity contribution in [3.05, 3.63) is 24.3 Å². The molecule has 0 unspecified atom stereocenters. The Bertz CT molecular complexity index is 1090. The van der Waals surface area contributed by atoms with Crippen molar-refractivity contribution >= 4 is 17.7 Å². The van der Waals surface area contributed by atoms with Crippen LogP contribution in [0.3, 0.4) is 0 Å². The van der Waals surface area contributed by atoms with Crippen molar-refractivity contribution < 1.29 is 37.0 Å². The quantitative estimate of drug-likeness (QED) is 0.541. The molecule has 37 heavy (non-hydrogen) atoms. The molecule has 2 saturated heterocycles. The third-order valence-corrected chi connectivity index (χ3v) is 7.61. The summed E-state index contributed by atoms with van der Waals surface area (Å²) in [5.74, 6) is -1.57.